The second kappa shape index (κ2) is 9.28. The molecule has 2 atom stereocenters. The number of hydrogen-bond donors (Lipinski definition) is 2. The molecule has 1 fully saturated rings. The van der Waals surface area contributed by atoms with Gasteiger partial charge in [-0.1, -0.05) is 66.9 Å². The van der Waals surface area contributed by atoms with E-state index in [0.29, 0.717) is 15.6 Å². The minimum atomic E-state index is -1.21. The van der Waals surface area contributed by atoms with E-state index in [1.807, 2.05) is 24.3 Å². The standard InChI is InChI=1S/C23H25Cl2N3O3/c1-4-5-15-6-9-17(10-7-15)23(3)21(30)28(22(31)27-23)13-20(29)26-14(2)16-8-11-18(24)19(25)12-16/h6-12,14H,4-5,13H2,1-3H3,(H,26,29)(H,27,31)/t14-,23-/m1/s1. The van der Waals surface area contributed by atoms with Crippen molar-refractivity contribution in [3.05, 3.63) is 69.2 Å². The van der Waals surface area contributed by atoms with E-state index in [4.69, 9.17) is 23.2 Å². The van der Waals surface area contributed by atoms with E-state index in [1.165, 1.54) is 5.56 Å². The minimum Gasteiger partial charge on any atom is -0.348 e. The maximum atomic E-state index is 13.1. The monoisotopic (exact) mass is 461 g/mol. The molecule has 164 valence electrons. The summed E-state index contributed by atoms with van der Waals surface area (Å²) in [6.45, 7) is 5.16. The number of amides is 4. The van der Waals surface area contributed by atoms with E-state index in [-0.39, 0.29) is 12.6 Å². The van der Waals surface area contributed by atoms with Gasteiger partial charge in [-0.25, -0.2) is 4.79 Å². The van der Waals surface area contributed by atoms with Crippen molar-refractivity contribution in [1.29, 1.82) is 0 Å². The lowest BCUT2D eigenvalue weighted by molar-refractivity contribution is -0.135. The van der Waals surface area contributed by atoms with E-state index >= 15 is 0 Å². The maximum absolute atomic E-state index is 13.1. The molecule has 2 aromatic carbocycles. The van der Waals surface area contributed by atoms with Gasteiger partial charge in [0.15, 0.2) is 0 Å². The zero-order chi connectivity index (χ0) is 22.8. The molecular formula is C23H25Cl2N3O3. The van der Waals surface area contributed by atoms with Gasteiger partial charge in [0, 0.05) is 0 Å². The van der Waals surface area contributed by atoms with E-state index in [9.17, 15) is 14.4 Å². The third-order valence-electron chi connectivity index (χ3n) is 5.47. The van der Waals surface area contributed by atoms with Crippen molar-refractivity contribution in [3.63, 3.8) is 0 Å². The van der Waals surface area contributed by atoms with Gasteiger partial charge < -0.3 is 10.6 Å². The first-order chi connectivity index (χ1) is 14.7. The molecule has 0 bridgehead atoms. The van der Waals surface area contributed by atoms with Crippen molar-refractivity contribution in [3.8, 4) is 0 Å². The molecule has 0 aliphatic carbocycles. The molecule has 31 heavy (non-hydrogen) atoms. The predicted molar refractivity (Wildman–Crippen MR) is 121 cm³/mol. The average molecular weight is 462 g/mol. The van der Waals surface area contributed by atoms with Crippen LogP contribution >= 0.6 is 23.2 Å². The van der Waals surface area contributed by atoms with Crippen molar-refractivity contribution >= 4 is 41.0 Å². The summed E-state index contributed by atoms with van der Waals surface area (Å²) in [5, 5.41) is 6.32. The summed E-state index contributed by atoms with van der Waals surface area (Å²) in [6, 6.07) is 11.7. The first-order valence-corrected chi connectivity index (χ1v) is 10.9. The van der Waals surface area contributed by atoms with Gasteiger partial charge in [0.1, 0.15) is 12.1 Å². The smallest absolute Gasteiger partial charge is 0.325 e. The number of urea groups is 1. The summed E-state index contributed by atoms with van der Waals surface area (Å²) in [5.74, 6) is -0.914. The summed E-state index contributed by atoms with van der Waals surface area (Å²) in [5.41, 5.74) is 1.39. The number of benzene rings is 2. The molecule has 1 heterocycles. The Labute approximate surface area is 191 Å². The zero-order valence-corrected chi connectivity index (χ0v) is 19.2. The van der Waals surface area contributed by atoms with E-state index < -0.39 is 23.4 Å². The van der Waals surface area contributed by atoms with Gasteiger partial charge >= 0.3 is 6.03 Å². The highest BCUT2D eigenvalue weighted by molar-refractivity contribution is 6.42. The Hall–Kier alpha value is -2.57. The Morgan fingerprint density at radius 2 is 1.81 bits per heavy atom. The van der Waals surface area contributed by atoms with Crippen LogP contribution < -0.4 is 10.6 Å². The van der Waals surface area contributed by atoms with Crippen molar-refractivity contribution in [2.45, 2.75) is 45.2 Å². The molecule has 2 N–H and O–H groups in total. The number of carbonyl (C=O) groups is 3. The number of nitrogens with zero attached hydrogens (tertiary/aromatic N) is 1. The van der Waals surface area contributed by atoms with Crippen LogP contribution in [0.4, 0.5) is 4.79 Å². The Morgan fingerprint density at radius 3 is 2.42 bits per heavy atom. The molecule has 3 rings (SSSR count). The molecule has 1 aliphatic heterocycles. The number of rotatable bonds is 7. The van der Waals surface area contributed by atoms with Gasteiger partial charge in [0.25, 0.3) is 5.91 Å². The first kappa shape index (κ1) is 23.1. The maximum Gasteiger partial charge on any atom is 0.325 e. The third kappa shape index (κ3) is 4.86. The molecule has 2 aromatic rings. The van der Waals surface area contributed by atoms with Crippen molar-refractivity contribution in [1.82, 2.24) is 15.5 Å². The molecule has 1 saturated heterocycles. The van der Waals surface area contributed by atoms with Crippen LogP contribution in [0.15, 0.2) is 42.5 Å². The van der Waals surface area contributed by atoms with E-state index in [2.05, 4.69) is 17.6 Å². The first-order valence-electron chi connectivity index (χ1n) is 10.1. The van der Waals surface area contributed by atoms with Crippen molar-refractivity contribution in [2.24, 2.45) is 0 Å². The number of carbonyl (C=O) groups excluding carboxylic acids is 3. The number of aryl methyl sites for hydroxylation is 1. The highest BCUT2D eigenvalue weighted by Crippen LogP contribution is 2.29. The normalized spacial score (nSPS) is 19.3. The Balaban J connectivity index is 1.68. The van der Waals surface area contributed by atoms with Gasteiger partial charge in [0.2, 0.25) is 5.91 Å². The Morgan fingerprint density at radius 1 is 1.13 bits per heavy atom. The number of imide groups is 1. The largest absolute Gasteiger partial charge is 0.348 e. The number of hydrogen-bond acceptors (Lipinski definition) is 3. The highest BCUT2D eigenvalue weighted by atomic mass is 35.5. The lowest BCUT2D eigenvalue weighted by Crippen LogP contribution is -2.43. The van der Waals surface area contributed by atoms with Crippen LogP contribution in [0.25, 0.3) is 0 Å². The second-order valence-electron chi connectivity index (χ2n) is 7.86. The number of halogens is 2. The van der Waals surface area contributed by atoms with Crippen LogP contribution in [0, 0.1) is 0 Å². The van der Waals surface area contributed by atoms with Crippen LogP contribution in [0.2, 0.25) is 10.0 Å². The van der Waals surface area contributed by atoms with Crippen LogP contribution in [-0.4, -0.2) is 29.3 Å². The Kier molecular flexibility index (Phi) is 6.92. The summed E-state index contributed by atoms with van der Waals surface area (Å²) in [4.78, 5) is 39.0. The summed E-state index contributed by atoms with van der Waals surface area (Å²) >= 11 is 12.0. The van der Waals surface area contributed by atoms with Gasteiger partial charge in [-0.15, -0.1) is 0 Å². The molecule has 0 radical (unpaired) electrons. The van der Waals surface area contributed by atoms with Crippen molar-refractivity contribution < 1.29 is 14.4 Å². The van der Waals surface area contributed by atoms with E-state index in [0.717, 1.165) is 23.3 Å². The number of nitrogens with one attached hydrogen (secondary N) is 2. The molecule has 8 heteroatoms. The predicted octanol–water partition coefficient (Wildman–Crippen LogP) is 4.59. The van der Waals surface area contributed by atoms with Gasteiger partial charge in [-0.2, -0.15) is 0 Å². The molecule has 1 aliphatic rings. The van der Waals surface area contributed by atoms with E-state index in [1.54, 1.807) is 32.0 Å². The second-order valence-corrected chi connectivity index (χ2v) is 8.67. The van der Waals surface area contributed by atoms with Gasteiger partial charge in [-0.3, -0.25) is 14.5 Å². The zero-order valence-electron chi connectivity index (χ0n) is 17.7. The van der Waals surface area contributed by atoms with Gasteiger partial charge in [0.05, 0.1) is 16.1 Å². The van der Waals surface area contributed by atoms with Crippen molar-refractivity contribution in [2.75, 3.05) is 6.54 Å². The topological polar surface area (TPSA) is 78.5 Å². The SMILES string of the molecule is CCCc1ccc([C@@]2(C)NC(=O)N(CC(=O)N[C@H](C)c3ccc(Cl)c(Cl)c3)C2=O)cc1. The van der Waals surface area contributed by atoms with Crippen LogP contribution in [-0.2, 0) is 21.5 Å². The van der Waals surface area contributed by atoms with Gasteiger partial charge in [-0.05, 0) is 49.1 Å². The Bertz CT molecular complexity index is 1010. The molecular weight excluding hydrogens is 437 g/mol. The fraction of sp³-hybridized carbons (Fsp3) is 0.348. The molecule has 4 amide bonds. The molecule has 0 unspecified atom stereocenters. The quantitative estimate of drug-likeness (QED) is 0.591. The molecule has 0 saturated carbocycles. The molecule has 0 spiro atoms. The lowest BCUT2D eigenvalue weighted by atomic mass is 9.91. The fourth-order valence-electron chi connectivity index (χ4n) is 3.63. The summed E-state index contributed by atoms with van der Waals surface area (Å²) < 4.78 is 0. The highest BCUT2D eigenvalue weighted by Gasteiger charge is 2.49. The third-order valence-corrected chi connectivity index (χ3v) is 6.21. The van der Waals surface area contributed by atoms with Crippen LogP contribution in [0.3, 0.4) is 0 Å². The molecule has 0 aromatic heterocycles. The fourth-order valence-corrected chi connectivity index (χ4v) is 3.93. The van der Waals surface area contributed by atoms with Crippen LogP contribution in [0.5, 0.6) is 0 Å². The summed E-state index contributed by atoms with van der Waals surface area (Å²) in [7, 11) is 0. The average Bonchev–Trinajstić information content (AvgIpc) is 2.94. The minimum absolute atomic E-state index is 0.375. The molecule has 6 nitrogen and oxygen atoms in total. The van der Waals surface area contributed by atoms with Crippen LogP contribution in [0.1, 0.15) is 49.9 Å². The summed E-state index contributed by atoms with van der Waals surface area (Å²) in [6.07, 6.45) is 1.97. The lowest BCUT2D eigenvalue weighted by Gasteiger charge is -2.23.